The number of ether oxygens (including phenoxy) is 1. The van der Waals surface area contributed by atoms with E-state index in [0.29, 0.717) is 39.0 Å². The van der Waals surface area contributed by atoms with Crippen LogP contribution in [0.2, 0.25) is 0 Å². The van der Waals surface area contributed by atoms with E-state index in [-0.39, 0.29) is 24.3 Å². The smallest absolute Gasteiger partial charge is 0.253 e. The van der Waals surface area contributed by atoms with Gasteiger partial charge in [0.25, 0.3) is 5.91 Å². The van der Waals surface area contributed by atoms with Crippen molar-refractivity contribution in [1.82, 2.24) is 9.80 Å². The summed E-state index contributed by atoms with van der Waals surface area (Å²) in [6, 6.07) is 22.9. The molecule has 8 nitrogen and oxygen atoms in total. The molecule has 4 aliphatic rings. The van der Waals surface area contributed by atoms with Crippen molar-refractivity contribution in [2.45, 2.75) is 43.6 Å². The molecule has 5 atom stereocenters. The summed E-state index contributed by atoms with van der Waals surface area (Å²) in [5, 5.41) is 11.4. The van der Waals surface area contributed by atoms with Gasteiger partial charge < -0.3 is 24.5 Å². The number of hydrogen-bond donors (Lipinski definition) is 1. The Labute approximate surface area is 257 Å². The van der Waals surface area contributed by atoms with Crippen molar-refractivity contribution >= 4 is 34.2 Å². The van der Waals surface area contributed by atoms with Gasteiger partial charge in [0, 0.05) is 38.5 Å². The SMILES string of the molecule is O=C1[C@@H]2[C@H]3C(=O)N(CCCCCO)C4C(=O)N(c5ccc6ccccc6c5)CC=C[C@@]43O[C@@H]2C=CCN1Cc1ccccc1. The second-order valence-corrected chi connectivity index (χ2v) is 12.2. The number of amides is 3. The first kappa shape index (κ1) is 28.5. The lowest BCUT2D eigenvalue weighted by molar-refractivity contribution is -0.144. The Morgan fingerprint density at radius 1 is 0.818 bits per heavy atom. The van der Waals surface area contributed by atoms with Crippen molar-refractivity contribution in [2.24, 2.45) is 11.8 Å². The standard InChI is InChI=1S/C36H37N3O5/c40-22-8-2-7-20-39-32-35(43)38(28-17-16-26-13-5-6-14-27(26)23-28)21-10-18-36(32)31(34(39)42)30-29(44-36)15-9-19-37(33(30)41)24-25-11-3-1-4-12-25/h1,3-6,9-18,23,29-32,40H,2,7-8,19-22,24H2/t29-,30+,31+,32?,36+/m1/s1. The van der Waals surface area contributed by atoms with Gasteiger partial charge in [-0.25, -0.2) is 0 Å². The molecule has 4 aliphatic heterocycles. The summed E-state index contributed by atoms with van der Waals surface area (Å²) >= 11 is 0. The molecular weight excluding hydrogens is 554 g/mol. The summed E-state index contributed by atoms with van der Waals surface area (Å²) in [5.74, 6) is -2.11. The van der Waals surface area contributed by atoms with Gasteiger partial charge in [-0.15, -0.1) is 0 Å². The van der Waals surface area contributed by atoms with Crippen LogP contribution in [0.15, 0.2) is 97.1 Å². The molecule has 0 aliphatic carbocycles. The molecule has 44 heavy (non-hydrogen) atoms. The molecule has 7 rings (SSSR count). The maximum atomic E-state index is 14.7. The molecule has 2 saturated heterocycles. The van der Waals surface area contributed by atoms with Gasteiger partial charge >= 0.3 is 0 Å². The molecular formula is C36H37N3O5. The second-order valence-electron chi connectivity index (χ2n) is 12.2. The topological polar surface area (TPSA) is 90.4 Å². The Morgan fingerprint density at radius 3 is 2.43 bits per heavy atom. The van der Waals surface area contributed by atoms with E-state index in [4.69, 9.17) is 4.74 Å². The Balaban J connectivity index is 1.26. The van der Waals surface area contributed by atoms with Gasteiger partial charge in [0.05, 0.1) is 17.9 Å². The molecule has 0 aromatic heterocycles. The number of hydrogen-bond acceptors (Lipinski definition) is 5. The minimum absolute atomic E-state index is 0.0757. The summed E-state index contributed by atoms with van der Waals surface area (Å²) in [7, 11) is 0. The van der Waals surface area contributed by atoms with Crippen LogP contribution in [-0.4, -0.2) is 76.6 Å². The van der Waals surface area contributed by atoms with Crippen LogP contribution in [-0.2, 0) is 25.7 Å². The largest absolute Gasteiger partial charge is 0.396 e. The molecule has 2 fully saturated rings. The third-order valence-electron chi connectivity index (χ3n) is 9.56. The number of carbonyl (C=O) groups is 3. The van der Waals surface area contributed by atoms with E-state index in [1.165, 1.54) is 0 Å². The fourth-order valence-electron chi connectivity index (χ4n) is 7.52. The molecule has 3 aromatic rings. The molecule has 4 heterocycles. The molecule has 0 saturated carbocycles. The number of rotatable bonds is 8. The predicted molar refractivity (Wildman–Crippen MR) is 167 cm³/mol. The van der Waals surface area contributed by atoms with Crippen molar-refractivity contribution in [3.8, 4) is 0 Å². The highest BCUT2D eigenvalue weighted by atomic mass is 16.5. The lowest BCUT2D eigenvalue weighted by Gasteiger charge is -2.35. The maximum absolute atomic E-state index is 14.7. The molecule has 0 bridgehead atoms. The van der Waals surface area contributed by atoms with Crippen molar-refractivity contribution in [3.63, 3.8) is 0 Å². The van der Waals surface area contributed by atoms with Gasteiger partial charge in [-0.1, -0.05) is 85.0 Å². The van der Waals surface area contributed by atoms with Gasteiger partial charge in [-0.2, -0.15) is 0 Å². The number of carbonyl (C=O) groups excluding carboxylic acids is 3. The monoisotopic (exact) mass is 591 g/mol. The van der Waals surface area contributed by atoms with Gasteiger partial charge in [0.15, 0.2) is 0 Å². The van der Waals surface area contributed by atoms with Crippen molar-refractivity contribution in [2.75, 3.05) is 31.1 Å². The van der Waals surface area contributed by atoms with Crippen LogP contribution < -0.4 is 4.90 Å². The molecule has 1 spiro atoms. The highest BCUT2D eigenvalue weighted by molar-refractivity contribution is 6.06. The van der Waals surface area contributed by atoms with Gasteiger partial charge in [-0.3, -0.25) is 14.4 Å². The molecule has 1 unspecified atom stereocenters. The summed E-state index contributed by atoms with van der Waals surface area (Å²) in [4.78, 5) is 48.6. The maximum Gasteiger partial charge on any atom is 0.253 e. The minimum atomic E-state index is -1.26. The number of aliphatic hydroxyl groups excluding tert-OH is 1. The first-order chi connectivity index (χ1) is 21.5. The average Bonchev–Trinajstić information content (AvgIpc) is 3.36. The van der Waals surface area contributed by atoms with E-state index in [2.05, 4.69) is 0 Å². The van der Waals surface area contributed by atoms with Crippen LogP contribution in [0.25, 0.3) is 10.8 Å². The lowest BCUT2D eigenvalue weighted by atomic mass is 9.77. The van der Waals surface area contributed by atoms with Crippen LogP contribution in [0.1, 0.15) is 24.8 Å². The fraction of sp³-hybridized carbons (Fsp3) is 0.361. The van der Waals surface area contributed by atoms with Crippen molar-refractivity contribution < 1.29 is 24.2 Å². The van der Waals surface area contributed by atoms with Crippen LogP contribution in [0.3, 0.4) is 0 Å². The molecule has 3 amide bonds. The zero-order valence-corrected chi connectivity index (χ0v) is 24.6. The van der Waals surface area contributed by atoms with Crippen LogP contribution in [0, 0.1) is 11.8 Å². The first-order valence-corrected chi connectivity index (χ1v) is 15.6. The Hall–Kier alpha value is -4.27. The van der Waals surface area contributed by atoms with Crippen LogP contribution in [0.4, 0.5) is 5.69 Å². The van der Waals surface area contributed by atoms with Crippen LogP contribution in [0.5, 0.6) is 0 Å². The summed E-state index contributed by atoms with van der Waals surface area (Å²) in [6.45, 7) is 1.62. The highest BCUT2D eigenvalue weighted by Gasteiger charge is 2.71. The zero-order valence-electron chi connectivity index (χ0n) is 24.6. The third kappa shape index (κ3) is 4.73. The summed E-state index contributed by atoms with van der Waals surface area (Å²) in [6.07, 6.45) is 9.04. The third-order valence-corrected chi connectivity index (χ3v) is 9.56. The Kier molecular flexibility index (Phi) is 7.56. The van der Waals surface area contributed by atoms with E-state index in [1.807, 2.05) is 97.1 Å². The number of benzene rings is 3. The number of fused-ring (bicyclic) bond motifs is 3. The highest BCUT2D eigenvalue weighted by Crippen LogP contribution is 2.53. The summed E-state index contributed by atoms with van der Waals surface area (Å²) < 4.78 is 6.79. The van der Waals surface area contributed by atoms with E-state index in [9.17, 15) is 19.5 Å². The number of likely N-dealkylation sites (tertiary alicyclic amines) is 1. The molecule has 8 heteroatoms. The number of nitrogens with zero attached hydrogens (tertiary/aromatic N) is 3. The van der Waals surface area contributed by atoms with Crippen molar-refractivity contribution in [3.05, 3.63) is 103 Å². The number of anilines is 1. The fourth-order valence-corrected chi connectivity index (χ4v) is 7.52. The second kappa shape index (κ2) is 11.7. The summed E-state index contributed by atoms with van der Waals surface area (Å²) in [5.41, 5.74) is 0.503. The average molecular weight is 592 g/mol. The molecule has 3 aromatic carbocycles. The quantitative estimate of drug-likeness (QED) is 0.315. The first-order valence-electron chi connectivity index (χ1n) is 15.6. The van der Waals surface area contributed by atoms with Crippen LogP contribution >= 0.6 is 0 Å². The van der Waals surface area contributed by atoms with E-state index in [1.54, 1.807) is 14.7 Å². The lowest BCUT2D eigenvalue weighted by Crippen LogP contribution is -2.55. The predicted octanol–water partition coefficient (Wildman–Crippen LogP) is 4.08. The zero-order chi connectivity index (χ0) is 30.3. The number of unbranched alkanes of at least 4 members (excludes halogenated alkanes) is 2. The Morgan fingerprint density at radius 2 is 1.61 bits per heavy atom. The molecule has 1 N–H and O–H groups in total. The molecule has 226 valence electrons. The molecule has 0 radical (unpaired) electrons. The normalized spacial score (nSPS) is 27.8. The minimum Gasteiger partial charge on any atom is -0.396 e. The Bertz CT molecular complexity index is 1640. The van der Waals surface area contributed by atoms with Gasteiger partial charge in [0.2, 0.25) is 11.8 Å². The van der Waals surface area contributed by atoms with Gasteiger partial charge in [-0.05, 0) is 47.7 Å². The van der Waals surface area contributed by atoms with E-state index >= 15 is 0 Å². The van der Waals surface area contributed by atoms with Crippen molar-refractivity contribution in [1.29, 1.82) is 0 Å². The van der Waals surface area contributed by atoms with E-state index < -0.39 is 29.6 Å². The number of aliphatic hydroxyl groups is 1. The van der Waals surface area contributed by atoms with Gasteiger partial charge in [0.1, 0.15) is 11.6 Å². The van der Waals surface area contributed by atoms with E-state index in [0.717, 1.165) is 28.4 Å².